The number of ether oxygens (including phenoxy) is 3. The van der Waals surface area contributed by atoms with E-state index in [4.69, 9.17) is 14.2 Å². The molecule has 0 bridgehead atoms. The van der Waals surface area contributed by atoms with E-state index in [1.165, 1.54) is 18.6 Å². The first kappa shape index (κ1) is 19.2. The summed E-state index contributed by atoms with van der Waals surface area (Å²) in [4.78, 5) is 0. The van der Waals surface area contributed by atoms with Crippen molar-refractivity contribution in [2.75, 3.05) is 64.7 Å². The number of rotatable bonds is 16. The monoisotopic (exact) mass is 293 g/mol. The highest BCUT2D eigenvalue weighted by atomic mass is 32.2. The molecular formula is C14H31NO3S. The molecule has 1 N–H and O–H groups in total. The highest BCUT2D eigenvalue weighted by molar-refractivity contribution is 7.98. The quantitative estimate of drug-likeness (QED) is 0.442. The molecule has 0 unspecified atom stereocenters. The topological polar surface area (TPSA) is 39.7 Å². The van der Waals surface area contributed by atoms with E-state index in [-0.39, 0.29) is 0 Å². The van der Waals surface area contributed by atoms with Crippen LogP contribution in [0.2, 0.25) is 0 Å². The van der Waals surface area contributed by atoms with E-state index < -0.39 is 0 Å². The first-order chi connectivity index (χ1) is 9.41. The standard InChI is InChI=1S/C14H31NO3S/c1-3-4-8-16-10-12-18-13-11-17-9-7-15-6-5-14-19-2/h15H,3-14H2,1-2H3. The zero-order valence-corrected chi connectivity index (χ0v) is 13.4. The molecule has 0 saturated carbocycles. The molecule has 0 aliphatic heterocycles. The third kappa shape index (κ3) is 18.2. The maximum atomic E-state index is 5.45. The van der Waals surface area contributed by atoms with Gasteiger partial charge in [0, 0.05) is 13.2 Å². The zero-order valence-electron chi connectivity index (χ0n) is 12.6. The van der Waals surface area contributed by atoms with E-state index in [1.807, 2.05) is 11.8 Å². The van der Waals surface area contributed by atoms with Gasteiger partial charge in [0.2, 0.25) is 0 Å². The summed E-state index contributed by atoms with van der Waals surface area (Å²) in [5.74, 6) is 1.22. The summed E-state index contributed by atoms with van der Waals surface area (Å²) in [6, 6.07) is 0. The SMILES string of the molecule is CCCCOCCOCCOCCNCCCSC. The van der Waals surface area contributed by atoms with E-state index in [0.29, 0.717) is 26.4 Å². The minimum atomic E-state index is 0.656. The van der Waals surface area contributed by atoms with E-state index in [9.17, 15) is 0 Å². The summed E-state index contributed by atoms with van der Waals surface area (Å²) >= 11 is 1.89. The van der Waals surface area contributed by atoms with Gasteiger partial charge in [0.05, 0.1) is 33.0 Å². The molecular weight excluding hydrogens is 262 g/mol. The fraction of sp³-hybridized carbons (Fsp3) is 1.00. The molecule has 0 saturated heterocycles. The summed E-state index contributed by atoms with van der Waals surface area (Å²) in [5, 5.41) is 3.35. The lowest BCUT2D eigenvalue weighted by atomic mass is 10.4. The Bertz CT molecular complexity index is 146. The minimum Gasteiger partial charge on any atom is -0.379 e. The molecule has 0 amide bonds. The maximum Gasteiger partial charge on any atom is 0.0701 e. The molecule has 0 fully saturated rings. The van der Waals surface area contributed by atoms with Gasteiger partial charge in [0.25, 0.3) is 0 Å². The van der Waals surface area contributed by atoms with Crippen molar-refractivity contribution in [1.29, 1.82) is 0 Å². The second kappa shape index (κ2) is 18.2. The third-order valence-electron chi connectivity index (χ3n) is 2.51. The number of unbranched alkanes of at least 4 members (excludes halogenated alkanes) is 1. The lowest BCUT2D eigenvalue weighted by molar-refractivity contribution is 0.0147. The minimum absolute atomic E-state index is 0.656. The Labute approximate surface area is 122 Å². The lowest BCUT2D eigenvalue weighted by Crippen LogP contribution is -2.22. The molecule has 0 aromatic rings. The molecule has 0 spiro atoms. The molecule has 0 aromatic heterocycles. The van der Waals surface area contributed by atoms with Crippen molar-refractivity contribution < 1.29 is 14.2 Å². The second-order valence-corrected chi connectivity index (χ2v) is 5.27. The Morgan fingerprint density at radius 2 is 1.42 bits per heavy atom. The number of hydrogen-bond donors (Lipinski definition) is 1. The average molecular weight is 293 g/mol. The average Bonchev–Trinajstić information content (AvgIpc) is 2.43. The summed E-state index contributed by atoms with van der Waals surface area (Å²) in [7, 11) is 0. The van der Waals surface area contributed by atoms with Gasteiger partial charge in [-0.25, -0.2) is 0 Å². The molecule has 116 valence electrons. The Balaban J connectivity index is 2.88. The molecule has 0 aliphatic carbocycles. The Morgan fingerprint density at radius 1 is 0.789 bits per heavy atom. The molecule has 19 heavy (non-hydrogen) atoms. The van der Waals surface area contributed by atoms with Crippen LogP contribution in [0.15, 0.2) is 0 Å². The van der Waals surface area contributed by atoms with Crippen LogP contribution in [0.4, 0.5) is 0 Å². The number of thioether (sulfide) groups is 1. The van der Waals surface area contributed by atoms with Crippen molar-refractivity contribution in [3.63, 3.8) is 0 Å². The van der Waals surface area contributed by atoms with Crippen LogP contribution >= 0.6 is 11.8 Å². The number of nitrogens with one attached hydrogen (secondary N) is 1. The van der Waals surface area contributed by atoms with Gasteiger partial charge in [0.15, 0.2) is 0 Å². The highest BCUT2D eigenvalue weighted by Crippen LogP contribution is 1.92. The van der Waals surface area contributed by atoms with Crippen LogP contribution in [0.5, 0.6) is 0 Å². The fourth-order valence-electron chi connectivity index (χ4n) is 1.40. The smallest absolute Gasteiger partial charge is 0.0701 e. The van der Waals surface area contributed by atoms with Crippen LogP contribution < -0.4 is 5.32 Å². The molecule has 0 aliphatic rings. The van der Waals surface area contributed by atoms with Crippen LogP contribution in [-0.4, -0.2) is 64.7 Å². The summed E-state index contributed by atoms with van der Waals surface area (Å²) < 4.78 is 16.2. The Kier molecular flexibility index (Phi) is 18.4. The first-order valence-electron chi connectivity index (χ1n) is 7.34. The largest absolute Gasteiger partial charge is 0.379 e. The van der Waals surface area contributed by atoms with E-state index in [0.717, 1.165) is 32.7 Å². The molecule has 0 radical (unpaired) electrons. The number of hydrogen-bond acceptors (Lipinski definition) is 5. The van der Waals surface area contributed by atoms with Crippen LogP contribution in [0, 0.1) is 0 Å². The van der Waals surface area contributed by atoms with Gasteiger partial charge >= 0.3 is 0 Å². The maximum absolute atomic E-state index is 5.45. The Hall–Kier alpha value is 0.190. The molecule has 4 nitrogen and oxygen atoms in total. The first-order valence-corrected chi connectivity index (χ1v) is 8.74. The van der Waals surface area contributed by atoms with E-state index in [2.05, 4.69) is 18.5 Å². The van der Waals surface area contributed by atoms with Gasteiger partial charge in [-0.2, -0.15) is 11.8 Å². The van der Waals surface area contributed by atoms with E-state index in [1.54, 1.807) is 0 Å². The van der Waals surface area contributed by atoms with Crippen molar-refractivity contribution in [1.82, 2.24) is 5.32 Å². The van der Waals surface area contributed by atoms with Crippen LogP contribution in [0.1, 0.15) is 26.2 Å². The predicted molar refractivity (Wildman–Crippen MR) is 83.2 cm³/mol. The van der Waals surface area contributed by atoms with Crippen LogP contribution in [-0.2, 0) is 14.2 Å². The van der Waals surface area contributed by atoms with Crippen molar-refractivity contribution in [3.05, 3.63) is 0 Å². The zero-order chi connectivity index (χ0) is 14.0. The van der Waals surface area contributed by atoms with Gasteiger partial charge in [-0.05, 0) is 31.4 Å². The summed E-state index contributed by atoms with van der Waals surface area (Å²) in [6.45, 7) is 8.45. The second-order valence-electron chi connectivity index (χ2n) is 4.29. The predicted octanol–water partition coefficient (Wildman–Crippen LogP) is 2.18. The molecule has 5 heteroatoms. The Morgan fingerprint density at radius 3 is 2.05 bits per heavy atom. The van der Waals surface area contributed by atoms with E-state index >= 15 is 0 Å². The molecule has 0 aromatic carbocycles. The van der Waals surface area contributed by atoms with Crippen molar-refractivity contribution in [2.24, 2.45) is 0 Å². The molecule has 0 rings (SSSR count). The highest BCUT2D eigenvalue weighted by Gasteiger charge is 1.92. The van der Waals surface area contributed by atoms with Crippen LogP contribution in [0.3, 0.4) is 0 Å². The van der Waals surface area contributed by atoms with Crippen molar-refractivity contribution in [2.45, 2.75) is 26.2 Å². The molecule has 0 heterocycles. The summed E-state index contributed by atoms with van der Waals surface area (Å²) in [5.41, 5.74) is 0. The fourth-order valence-corrected chi connectivity index (χ4v) is 1.83. The van der Waals surface area contributed by atoms with Gasteiger partial charge < -0.3 is 19.5 Å². The molecule has 0 atom stereocenters. The van der Waals surface area contributed by atoms with Crippen molar-refractivity contribution in [3.8, 4) is 0 Å². The van der Waals surface area contributed by atoms with Crippen molar-refractivity contribution >= 4 is 11.8 Å². The van der Waals surface area contributed by atoms with Crippen LogP contribution in [0.25, 0.3) is 0 Å². The normalized spacial score (nSPS) is 11.1. The third-order valence-corrected chi connectivity index (χ3v) is 3.21. The van der Waals surface area contributed by atoms with Gasteiger partial charge in [0.1, 0.15) is 0 Å². The lowest BCUT2D eigenvalue weighted by Gasteiger charge is -2.07. The van der Waals surface area contributed by atoms with Gasteiger partial charge in [-0.1, -0.05) is 13.3 Å². The summed E-state index contributed by atoms with van der Waals surface area (Å²) in [6.07, 6.45) is 5.67. The van der Waals surface area contributed by atoms with Gasteiger partial charge in [-0.15, -0.1) is 0 Å². The van der Waals surface area contributed by atoms with Gasteiger partial charge in [-0.3, -0.25) is 0 Å².